The maximum Gasteiger partial charge on any atom is 0.246 e. The fraction of sp³-hybridized carbons (Fsp3) is 0.909. The van der Waals surface area contributed by atoms with Gasteiger partial charge in [-0.3, -0.25) is 4.79 Å². The van der Waals surface area contributed by atoms with Gasteiger partial charge in [0.05, 0.1) is 6.61 Å². The van der Waals surface area contributed by atoms with Gasteiger partial charge in [0.1, 0.15) is 6.61 Å². The molecule has 90 valence electrons. The fourth-order valence-corrected chi connectivity index (χ4v) is 1.31. The number of rotatable bonds is 8. The molecule has 2 N–H and O–H groups in total. The third kappa shape index (κ3) is 5.14. The lowest BCUT2D eigenvalue weighted by molar-refractivity contribution is -0.126. The molecular formula is C11H23NO3. The third-order valence-corrected chi connectivity index (χ3v) is 2.93. The highest BCUT2D eigenvalue weighted by Gasteiger charge is 2.25. The monoisotopic (exact) mass is 217 g/mol. The van der Waals surface area contributed by atoms with Crippen LogP contribution in [0.2, 0.25) is 0 Å². The summed E-state index contributed by atoms with van der Waals surface area (Å²) in [4.78, 5) is 11.3. The molecule has 0 bridgehead atoms. The van der Waals surface area contributed by atoms with Gasteiger partial charge >= 0.3 is 0 Å². The van der Waals surface area contributed by atoms with Gasteiger partial charge in [-0.1, -0.05) is 13.8 Å². The first kappa shape index (κ1) is 14.4. The first-order valence-electron chi connectivity index (χ1n) is 5.59. The van der Waals surface area contributed by atoms with E-state index in [0.717, 1.165) is 12.8 Å². The van der Waals surface area contributed by atoms with Crippen molar-refractivity contribution in [1.82, 2.24) is 5.32 Å². The van der Waals surface area contributed by atoms with Crippen molar-refractivity contribution in [3.05, 3.63) is 0 Å². The minimum Gasteiger partial charge on any atom is -0.396 e. The normalized spacial score (nSPS) is 11.5. The van der Waals surface area contributed by atoms with Crippen LogP contribution in [0.15, 0.2) is 0 Å². The molecule has 0 aliphatic carbocycles. The van der Waals surface area contributed by atoms with E-state index in [1.807, 2.05) is 20.8 Å². The number of hydrogen-bond donors (Lipinski definition) is 2. The van der Waals surface area contributed by atoms with Crippen molar-refractivity contribution >= 4 is 5.91 Å². The van der Waals surface area contributed by atoms with Gasteiger partial charge < -0.3 is 15.2 Å². The molecule has 15 heavy (non-hydrogen) atoms. The zero-order valence-electron chi connectivity index (χ0n) is 10.0. The van der Waals surface area contributed by atoms with Gasteiger partial charge in [0, 0.05) is 18.6 Å². The van der Waals surface area contributed by atoms with E-state index in [-0.39, 0.29) is 24.5 Å². The summed E-state index contributed by atoms with van der Waals surface area (Å²) in [5.41, 5.74) is -0.179. The predicted octanol–water partition coefficient (Wildman–Crippen LogP) is 0.938. The minimum absolute atomic E-state index is 0.103. The largest absolute Gasteiger partial charge is 0.396 e. The Bertz CT molecular complexity index is 170. The van der Waals surface area contributed by atoms with Crippen LogP contribution in [0, 0.1) is 5.41 Å². The Hall–Kier alpha value is -0.610. The maximum absolute atomic E-state index is 11.3. The molecule has 0 aromatic carbocycles. The molecule has 0 aromatic rings. The lowest BCUT2D eigenvalue weighted by atomic mass is 9.83. The molecule has 0 aliphatic heterocycles. The van der Waals surface area contributed by atoms with Crippen LogP contribution in [-0.2, 0) is 9.53 Å². The van der Waals surface area contributed by atoms with E-state index in [2.05, 4.69) is 5.32 Å². The Kier molecular flexibility index (Phi) is 7.34. The molecule has 0 rings (SSSR count). The van der Waals surface area contributed by atoms with Crippen LogP contribution >= 0.6 is 0 Å². The Balaban J connectivity index is 3.93. The van der Waals surface area contributed by atoms with Crippen LogP contribution in [0.3, 0.4) is 0 Å². The van der Waals surface area contributed by atoms with Crippen LogP contribution < -0.4 is 5.32 Å². The molecule has 0 heterocycles. The van der Waals surface area contributed by atoms with Crippen LogP contribution in [0.4, 0.5) is 0 Å². The molecule has 0 spiro atoms. The van der Waals surface area contributed by atoms with Gasteiger partial charge in [-0.25, -0.2) is 0 Å². The molecule has 0 aromatic heterocycles. The summed E-state index contributed by atoms with van der Waals surface area (Å²) in [7, 11) is 0. The first-order chi connectivity index (χ1) is 7.14. The van der Waals surface area contributed by atoms with Gasteiger partial charge in [0.2, 0.25) is 5.91 Å². The van der Waals surface area contributed by atoms with E-state index >= 15 is 0 Å². The molecule has 0 fully saturated rings. The van der Waals surface area contributed by atoms with E-state index in [1.54, 1.807) is 0 Å². The quantitative estimate of drug-likeness (QED) is 0.636. The number of nitrogens with one attached hydrogen (secondary N) is 1. The van der Waals surface area contributed by atoms with Crippen LogP contribution in [0.1, 0.15) is 33.6 Å². The highest BCUT2D eigenvalue weighted by molar-refractivity contribution is 5.77. The first-order valence-corrected chi connectivity index (χ1v) is 5.59. The van der Waals surface area contributed by atoms with E-state index < -0.39 is 0 Å². The summed E-state index contributed by atoms with van der Waals surface area (Å²) in [6.45, 7) is 7.16. The molecule has 4 nitrogen and oxygen atoms in total. The van der Waals surface area contributed by atoms with Crippen LogP contribution in [0.25, 0.3) is 0 Å². The van der Waals surface area contributed by atoms with E-state index in [4.69, 9.17) is 4.74 Å². The van der Waals surface area contributed by atoms with E-state index in [9.17, 15) is 9.90 Å². The Morgan fingerprint density at radius 3 is 2.33 bits per heavy atom. The summed E-state index contributed by atoms with van der Waals surface area (Å²) in [5.74, 6) is -0.114. The van der Waals surface area contributed by atoms with Gasteiger partial charge in [0.15, 0.2) is 0 Å². The average Bonchev–Trinajstić information content (AvgIpc) is 2.29. The van der Waals surface area contributed by atoms with Crippen molar-refractivity contribution in [2.45, 2.75) is 33.6 Å². The van der Waals surface area contributed by atoms with E-state index in [0.29, 0.717) is 13.2 Å². The minimum atomic E-state index is -0.179. The van der Waals surface area contributed by atoms with Crippen molar-refractivity contribution in [2.75, 3.05) is 26.4 Å². The number of carbonyl (C=O) groups excluding carboxylic acids is 1. The highest BCUT2D eigenvalue weighted by atomic mass is 16.5. The maximum atomic E-state index is 11.3. The Labute approximate surface area is 92.0 Å². The third-order valence-electron chi connectivity index (χ3n) is 2.93. The summed E-state index contributed by atoms with van der Waals surface area (Å²) >= 11 is 0. The molecule has 0 radical (unpaired) electrons. The second-order valence-corrected chi connectivity index (χ2v) is 3.78. The lowest BCUT2D eigenvalue weighted by Gasteiger charge is -2.29. The van der Waals surface area contributed by atoms with Crippen molar-refractivity contribution in [3.8, 4) is 0 Å². The SMILES string of the molecule is CCOCC(=O)NCC(CC)(CC)CO. The molecular weight excluding hydrogens is 194 g/mol. The highest BCUT2D eigenvalue weighted by Crippen LogP contribution is 2.24. The zero-order chi connectivity index (χ0) is 11.7. The van der Waals surface area contributed by atoms with Crippen molar-refractivity contribution in [2.24, 2.45) is 5.41 Å². The van der Waals surface area contributed by atoms with Crippen molar-refractivity contribution < 1.29 is 14.6 Å². The molecule has 1 amide bonds. The van der Waals surface area contributed by atoms with Gasteiger partial charge in [0.25, 0.3) is 0 Å². The summed E-state index contributed by atoms with van der Waals surface area (Å²) in [6, 6.07) is 0. The lowest BCUT2D eigenvalue weighted by Crippen LogP contribution is -2.40. The average molecular weight is 217 g/mol. The molecule has 0 saturated heterocycles. The van der Waals surface area contributed by atoms with Gasteiger partial charge in [-0.05, 0) is 19.8 Å². The second-order valence-electron chi connectivity index (χ2n) is 3.78. The smallest absolute Gasteiger partial charge is 0.246 e. The fourth-order valence-electron chi connectivity index (χ4n) is 1.31. The Morgan fingerprint density at radius 2 is 1.93 bits per heavy atom. The summed E-state index contributed by atoms with van der Waals surface area (Å²) in [5, 5.41) is 12.1. The van der Waals surface area contributed by atoms with Crippen molar-refractivity contribution in [3.63, 3.8) is 0 Å². The number of carbonyl (C=O) groups is 1. The topological polar surface area (TPSA) is 58.6 Å². The van der Waals surface area contributed by atoms with E-state index in [1.165, 1.54) is 0 Å². The number of amides is 1. The summed E-state index contributed by atoms with van der Waals surface area (Å²) < 4.78 is 4.99. The number of ether oxygens (including phenoxy) is 1. The second kappa shape index (κ2) is 7.65. The molecule has 0 saturated carbocycles. The zero-order valence-corrected chi connectivity index (χ0v) is 10.0. The number of aliphatic hydroxyl groups is 1. The van der Waals surface area contributed by atoms with Crippen molar-refractivity contribution in [1.29, 1.82) is 0 Å². The predicted molar refractivity (Wildman–Crippen MR) is 59.6 cm³/mol. The van der Waals surface area contributed by atoms with Crippen LogP contribution in [0.5, 0.6) is 0 Å². The number of aliphatic hydroxyl groups excluding tert-OH is 1. The molecule has 0 unspecified atom stereocenters. The van der Waals surface area contributed by atoms with Crippen LogP contribution in [-0.4, -0.2) is 37.4 Å². The standard InChI is InChI=1S/C11H23NO3/c1-4-11(5-2,9-13)8-12-10(14)7-15-6-3/h13H,4-9H2,1-3H3,(H,12,14). The molecule has 0 atom stereocenters. The number of hydrogen-bond acceptors (Lipinski definition) is 3. The van der Waals surface area contributed by atoms with Gasteiger partial charge in [-0.15, -0.1) is 0 Å². The van der Waals surface area contributed by atoms with Gasteiger partial charge in [-0.2, -0.15) is 0 Å². The molecule has 0 aliphatic rings. The summed E-state index contributed by atoms with van der Waals surface area (Å²) in [6.07, 6.45) is 1.71. The Morgan fingerprint density at radius 1 is 1.33 bits per heavy atom. The molecule has 4 heteroatoms.